The summed E-state index contributed by atoms with van der Waals surface area (Å²) >= 11 is 0. The number of carboxylic acid groups (broad SMARTS) is 1. The second-order valence-corrected chi connectivity index (χ2v) is 3.54. The Hall–Kier alpha value is -2.91. The Bertz CT molecular complexity index is 602. The molecule has 0 radical (unpaired) electrons. The number of nitrogens with two attached hydrogens (primary N) is 1. The number of carbonyl (C=O) groups is 3. The smallest absolute Gasteiger partial charge is 0.326 e. The van der Waals surface area contributed by atoms with E-state index >= 15 is 0 Å². The van der Waals surface area contributed by atoms with Crippen molar-refractivity contribution >= 4 is 17.8 Å². The number of carboxylic acids is 1. The van der Waals surface area contributed by atoms with Gasteiger partial charge in [-0.05, 0) is 0 Å². The highest BCUT2D eigenvalue weighted by atomic mass is 16.4. The largest absolute Gasteiger partial charge is 0.480 e. The minimum atomic E-state index is -1.55. The lowest BCUT2D eigenvalue weighted by molar-refractivity contribution is -0.140. The van der Waals surface area contributed by atoms with E-state index in [0.29, 0.717) is 0 Å². The molecule has 0 fully saturated rings. The third kappa shape index (κ3) is 4.11. The van der Waals surface area contributed by atoms with E-state index in [1.807, 2.05) is 15.3 Å². The van der Waals surface area contributed by atoms with Gasteiger partial charge in [-0.2, -0.15) is 0 Å². The summed E-state index contributed by atoms with van der Waals surface area (Å²) < 4.78 is 0. The highest BCUT2D eigenvalue weighted by Gasteiger charge is 2.23. The molecule has 10 heteroatoms. The van der Waals surface area contributed by atoms with E-state index < -0.39 is 47.2 Å². The number of aliphatic carboxylic acids is 1. The van der Waals surface area contributed by atoms with Gasteiger partial charge >= 0.3 is 11.7 Å². The summed E-state index contributed by atoms with van der Waals surface area (Å²) in [7, 11) is 0. The van der Waals surface area contributed by atoms with Gasteiger partial charge in [-0.3, -0.25) is 19.4 Å². The van der Waals surface area contributed by atoms with Crippen molar-refractivity contribution in [1.29, 1.82) is 0 Å². The molecule has 1 aromatic heterocycles. The zero-order valence-electron chi connectivity index (χ0n) is 9.43. The monoisotopic (exact) mass is 270 g/mol. The van der Waals surface area contributed by atoms with Gasteiger partial charge in [-0.1, -0.05) is 0 Å². The molecule has 0 aliphatic carbocycles. The molecular formula is C9H10N4O6. The number of amides is 2. The maximum atomic E-state index is 11.6. The molecule has 1 rings (SSSR count). The fourth-order valence-corrected chi connectivity index (χ4v) is 1.23. The van der Waals surface area contributed by atoms with Gasteiger partial charge in [-0.15, -0.1) is 0 Å². The lowest BCUT2D eigenvalue weighted by Crippen LogP contribution is -2.44. The lowest BCUT2D eigenvalue weighted by Gasteiger charge is -2.12. The molecule has 102 valence electrons. The molecule has 1 aromatic rings. The predicted octanol–water partition coefficient (Wildman–Crippen LogP) is -2.88. The molecule has 0 unspecified atom stereocenters. The number of H-pyrrole nitrogens is 2. The van der Waals surface area contributed by atoms with Gasteiger partial charge in [0.1, 0.15) is 11.7 Å². The molecule has 1 atom stereocenters. The number of nitrogens with one attached hydrogen (secondary N) is 3. The lowest BCUT2D eigenvalue weighted by atomic mass is 10.2. The van der Waals surface area contributed by atoms with Crippen LogP contribution in [-0.4, -0.2) is 38.9 Å². The van der Waals surface area contributed by atoms with Gasteiger partial charge in [0.2, 0.25) is 5.91 Å². The molecule has 19 heavy (non-hydrogen) atoms. The maximum Gasteiger partial charge on any atom is 0.326 e. The molecule has 0 saturated carbocycles. The zero-order chi connectivity index (χ0) is 14.6. The van der Waals surface area contributed by atoms with Crippen LogP contribution in [0.2, 0.25) is 0 Å². The van der Waals surface area contributed by atoms with Crippen LogP contribution in [0.3, 0.4) is 0 Å². The van der Waals surface area contributed by atoms with E-state index in [9.17, 15) is 24.0 Å². The van der Waals surface area contributed by atoms with E-state index in [4.69, 9.17) is 10.8 Å². The fraction of sp³-hybridized carbons (Fsp3) is 0.222. The SMILES string of the molecule is NC(=O)C[C@@H](NC(=O)c1cc(=O)[nH]c(=O)[nH]1)C(=O)O. The molecule has 10 nitrogen and oxygen atoms in total. The third-order valence-corrected chi connectivity index (χ3v) is 2.01. The van der Waals surface area contributed by atoms with E-state index in [1.54, 1.807) is 0 Å². The molecule has 0 spiro atoms. The summed E-state index contributed by atoms with van der Waals surface area (Å²) in [5, 5.41) is 10.7. The normalized spacial score (nSPS) is 11.6. The summed E-state index contributed by atoms with van der Waals surface area (Å²) in [6.07, 6.45) is -0.617. The Labute approximate surface area is 104 Å². The Morgan fingerprint density at radius 3 is 2.42 bits per heavy atom. The van der Waals surface area contributed by atoms with Crippen molar-refractivity contribution in [1.82, 2.24) is 15.3 Å². The minimum absolute atomic E-state index is 0.426. The van der Waals surface area contributed by atoms with Crippen molar-refractivity contribution in [3.8, 4) is 0 Å². The topological polar surface area (TPSA) is 175 Å². The molecular weight excluding hydrogens is 260 g/mol. The first-order valence-electron chi connectivity index (χ1n) is 4.95. The highest BCUT2D eigenvalue weighted by molar-refractivity contribution is 5.96. The second-order valence-electron chi connectivity index (χ2n) is 3.54. The van der Waals surface area contributed by atoms with Crippen LogP contribution in [0.1, 0.15) is 16.9 Å². The summed E-state index contributed by atoms with van der Waals surface area (Å²) in [5.41, 5.74) is 2.66. The van der Waals surface area contributed by atoms with E-state index in [2.05, 4.69) is 0 Å². The van der Waals surface area contributed by atoms with Gasteiger partial charge < -0.3 is 21.1 Å². The molecule has 0 aliphatic rings. The van der Waals surface area contributed by atoms with E-state index in [-0.39, 0.29) is 0 Å². The summed E-state index contributed by atoms with van der Waals surface area (Å²) in [5.74, 6) is -3.41. The van der Waals surface area contributed by atoms with Crippen LogP contribution in [0.25, 0.3) is 0 Å². The Morgan fingerprint density at radius 2 is 1.95 bits per heavy atom. The van der Waals surface area contributed by atoms with Crippen LogP contribution in [0.5, 0.6) is 0 Å². The van der Waals surface area contributed by atoms with E-state index in [0.717, 1.165) is 6.07 Å². The van der Waals surface area contributed by atoms with Crippen molar-refractivity contribution in [2.45, 2.75) is 12.5 Å². The van der Waals surface area contributed by atoms with Gasteiger partial charge in [0.15, 0.2) is 0 Å². The third-order valence-electron chi connectivity index (χ3n) is 2.01. The first-order chi connectivity index (χ1) is 8.79. The van der Waals surface area contributed by atoms with Crippen LogP contribution in [0, 0.1) is 0 Å². The van der Waals surface area contributed by atoms with Crippen molar-refractivity contribution in [2.75, 3.05) is 0 Å². The van der Waals surface area contributed by atoms with Crippen LogP contribution < -0.4 is 22.3 Å². The average molecular weight is 270 g/mol. The Morgan fingerprint density at radius 1 is 1.32 bits per heavy atom. The van der Waals surface area contributed by atoms with Crippen LogP contribution >= 0.6 is 0 Å². The number of hydrogen-bond acceptors (Lipinski definition) is 5. The van der Waals surface area contributed by atoms with Crippen molar-refractivity contribution in [3.05, 3.63) is 32.6 Å². The van der Waals surface area contributed by atoms with Crippen molar-refractivity contribution < 1.29 is 19.5 Å². The number of aromatic amines is 2. The zero-order valence-corrected chi connectivity index (χ0v) is 9.43. The first-order valence-corrected chi connectivity index (χ1v) is 4.95. The van der Waals surface area contributed by atoms with Gasteiger partial charge in [0, 0.05) is 6.07 Å². The summed E-state index contributed by atoms with van der Waals surface area (Å²) in [6.45, 7) is 0. The molecule has 0 aromatic carbocycles. The number of carbonyl (C=O) groups excluding carboxylic acids is 2. The number of primary amides is 1. The molecule has 2 amide bonds. The van der Waals surface area contributed by atoms with Crippen LogP contribution in [-0.2, 0) is 9.59 Å². The average Bonchev–Trinajstić information content (AvgIpc) is 2.25. The molecule has 0 aliphatic heterocycles. The second kappa shape index (κ2) is 5.62. The quantitative estimate of drug-likeness (QED) is 0.384. The number of aromatic nitrogens is 2. The van der Waals surface area contributed by atoms with Gasteiger partial charge in [-0.25, -0.2) is 9.59 Å². The summed E-state index contributed by atoms with van der Waals surface area (Å²) in [6, 6.07) is -0.771. The molecule has 6 N–H and O–H groups in total. The maximum absolute atomic E-state index is 11.6. The molecule has 0 saturated heterocycles. The number of hydrogen-bond donors (Lipinski definition) is 5. The molecule has 0 bridgehead atoms. The standard InChI is InChI=1S/C9H10N4O6/c10-5(14)1-4(8(17)18)11-7(16)3-2-6(15)13-9(19)12-3/h2,4H,1H2,(H2,10,14)(H,11,16)(H,17,18)(H2,12,13,15,19)/t4-/m1/s1. The van der Waals surface area contributed by atoms with Gasteiger partial charge in [0.25, 0.3) is 11.5 Å². The fourth-order valence-electron chi connectivity index (χ4n) is 1.23. The van der Waals surface area contributed by atoms with Crippen LogP contribution in [0.15, 0.2) is 15.7 Å². The van der Waals surface area contributed by atoms with Crippen molar-refractivity contribution in [3.63, 3.8) is 0 Å². The van der Waals surface area contributed by atoms with Crippen LogP contribution in [0.4, 0.5) is 0 Å². The minimum Gasteiger partial charge on any atom is -0.480 e. The van der Waals surface area contributed by atoms with E-state index in [1.165, 1.54) is 0 Å². The highest BCUT2D eigenvalue weighted by Crippen LogP contribution is 1.95. The van der Waals surface area contributed by atoms with Gasteiger partial charge in [0.05, 0.1) is 6.42 Å². The first kappa shape index (κ1) is 14.2. The Balaban J connectivity index is 2.93. The summed E-state index contributed by atoms with van der Waals surface area (Å²) in [4.78, 5) is 58.8. The Kier molecular flexibility index (Phi) is 4.19. The number of rotatable bonds is 5. The van der Waals surface area contributed by atoms with Crippen molar-refractivity contribution in [2.24, 2.45) is 5.73 Å². The molecule has 1 heterocycles. The predicted molar refractivity (Wildman–Crippen MR) is 60.4 cm³/mol.